The Kier molecular flexibility index (Phi) is 3.11. The molecule has 20 heavy (non-hydrogen) atoms. The van der Waals surface area contributed by atoms with E-state index in [-0.39, 0.29) is 5.69 Å². The van der Waals surface area contributed by atoms with E-state index in [9.17, 15) is 4.79 Å². The third-order valence-corrected chi connectivity index (χ3v) is 3.94. The fraction of sp³-hybridized carbons (Fsp3) is 0.0769. The lowest BCUT2D eigenvalue weighted by atomic mass is 10.1. The molecule has 5 nitrogen and oxygen atoms in total. The van der Waals surface area contributed by atoms with Crippen LogP contribution in [0.15, 0.2) is 29.8 Å². The van der Waals surface area contributed by atoms with Crippen molar-refractivity contribution >= 4 is 33.9 Å². The molecule has 0 bridgehead atoms. The van der Waals surface area contributed by atoms with E-state index in [2.05, 4.69) is 4.98 Å². The Hall–Kier alpha value is -2.05. The van der Waals surface area contributed by atoms with Crippen molar-refractivity contribution < 1.29 is 14.6 Å². The molecule has 0 saturated heterocycles. The summed E-state index contributed by atoms with van der Waals surface area (Å²) in [5.41, 5.74) is 1.60. The maximum atomic E-state index is 11.0. The second-order valence-corrected chi connectivity index (χ2v) is 5.32. The fourth-order valence-corrected chi connectivity index (χ4v) is 3.01. The second kappa shape index (κ2) is 4.81. The summed E-state index contributed by atoms with van der Waals surface area (Å²) in [5, 5.41) is 11.5. The van der Waals surface area contributed by atoms with Gasteiger partial charge in [-0.3, -0.25) is 4.40 Å². The number of aromatic nitrogens is 2. The Morgan fingerprint density at radius 2 is 2.30 bits per heavy atom. The van der Waals surface area contributed by atoms with Crippen LogP contribution in [0.25, 0.3) is 16.2 Å². The molecule has 1 N–H and O–H groups in total. The zero-order chi connectivity index (χ0) is 14.3. The van der Waals surface area contributed by atoms with Gasteiger partial charge >= 0.3 is 5.97 Å². The highest BCUT2D eigenvalue weighted by Crippen LogP contribution is 2.35. The number of halogens is 1. The molecule has 0 amide bonds. The second-order valence-electron chi connectivity index (χ2n) is 4.05. The number of hydrogen-bond donors (Lipinski definition) is 1. The summed E-state index contributed by atoms with van der Waals surface area (Å²) < 4.78 is 7.05. The third kappa shape index (κ3) is 2.03. The molecular weight excluding hydrogens is 300 g/mol. The van der Waals surface area contributed by atoms with Crippen molar-refractivity contribution in [2.45, 2.75) is 0 Å². The largest absolute Gasteiger partial charge is 0.496 e. The van der Waals surface area contributed by atoms with Crippen molar-refractivity contribution in [3.8, 4) is 17.0 Å². The summed E-state index contributed by atoms with van der Waals surface area (Å²) in [7, 11) is 1.58. The van der Waals surface area contributed by atoms with E-state index in [0.717, 1.165) is 11.3 Å². The number of methoxy groups -OCH3 is 1. The van der Waals surface area contributed by atoms with Crippen LogP contribution in [0, 0.1) is 0 Å². The lowest BCUT2D eigenvalue weighted by Crippen LogP contribution is -1.95. The fourth-order valence-electron chi connectivity index (χ4n) is 1.96. The molecule has 0 radical (unpaired) electrons. The Morgan fingerprint density at radius 3 is 3.00 bits per heavy atom. The SMILES string of the molecule is COc1ccc(Cl)cc1-c1csc2nc(C(=O)O)cn12. The molecule has 0 fully saturated rings. The van der Waals surface area contributed by atoms with E-state index in [1.807, 2.05) is 5.38 Å². The van der Waals surface area contributed by atoms with Gasteiger partial charge in [-0.1, -0.05) is 11.6 Å². The molecule has 0 spiro atoms. The first-order chi connectivity index (χ1) is 9.60. The number of benzene rings is 1. The summed E-state index contributed by atoms with van der Waals surface area (Å²) in [6.45, 7) is 0. The first-order valence-electron chi connectivity index (χ1n) is 5.64. The molecule has 2 heterocycles. The number of nitrogens with zero attached hydrogens (tertiary/aromatic N) is 2. The van der Waals surface area contributed by atoms with Gasteiger partial charge in [-0.05, 0) is 18.2 Å². The number of carboxylic acid groups (broad SMARTS) is 1. The van der Waals surface area contributed by atoms with Crippen molar-refractivity contribution in [3.63, 3.8) is 0 Å². The van der Waals surface area contributed by atoms with Gasteiger partial charge in [0.2, 0.25) is 0 Å². The average molecular weight is 309 g/mol. The van der Waals surface area contributed by atoms with Crippen LogP contribution in [0.1, 0.15) is 10.5 Å². The number of hydrogen-bond acceptors (Lipinski definition) is 4. The molecular formula is C13H9ClN2O3S. The van der Waals surface area contributed by atoms with E-state index in [1.165, 1.54) is 17.5 Å². The number of carboxylic acids is 1. The average Bonchev–Trinajstić information content (AvgIpc) is 2.98. The van der Waals surface area contributed by atoms with Crippen LogP contribution in [0.4, 0.5) is 0 Å². The van der Waals surface area contributed by atoms with E-state index in [4.69, 9.17) is 21.4 Å². The van der Waals surface area contributed by atoms with Gasteiger partial charge in [-0.25, -0.2) is 9.78 Å². The molecule has 7 heteroatoms. The smallest absolute Gasteiger partial charge is 0.356 e. The van der Waals surface area contributed by atoms with Crippen LogP contribution >= 0.6 is 22.9 Å². The number of rotatable bonds is 3. The molecule has 0 saturated carbocycles. The minimum absolute atomic E-state index is 0.0131. The summed E-state index contributed by atoms with van der Waals surface area (Å²) in [4.78, 5) is 15.6. The Balaban J connectivity index is 2.24. The minimum Gasteiger partial charge on any atom is -0.496 e. The highest BCUT2D eigenvalue weighted by atomic mass is 35.5. The Morgan fingerprint density at radius 1 is 1.50 bits per heavy atom. The molecule has 3 aromatic rings. The highest BCUT2D eigenvalue weighted by Gasteiger charge is 2.16. The Labute approximate surface area is 123 Å². The monoisotopic (exact) mass is 308 g/mol. The lowest BCUT2D eigenvalue weighted by Gasteiger charge is -2.07. The standard InChI is InChI=1S/C13H9ClN2O3S/c1-19-11-3-2-7(14)4-8(11)10-6-20-13-15-9(12(17)18)5-16(10)13/h2-6H,1H3,(H,17,18). The molecule has 1 aromatic carbocycles. The number of imidazole rings is 1. The maximum absolute atomic E-state index is 11.0. The van der Waals surface area contributed by atoms with Crippen molar-refractivity contribution in [1.29, 1.82) is 0 Å². The van der Waals surface area contributed by atoms with Gasteiger partial charge in [0, 0.05) is 22.2 Å². The number of thiazole rings is 1. The van der Waals surface area contributed by atoms with Gasteiger partial charge < -0.3 is 9.84 Å². The molecule has 0 unspecified atom stereocenters. The molecule has 2 aromatic heterocycles. The number of ether oxygens (including phenoxy) is 1. The number of fused-ring (bicyclic) bond motifs is 1. The molecule has 0 atom stereocenters. The summed E-state index contributed by atoms with van der Waals surface area (Å²) in [6.07, 6.45) is 1.49. The molecule has 0 aliphatic carbocycles. The van der Waals surface area contributed by atoms with E-state index in [0.29, 0.717) is 15.7 Å². The number of aromatic carboxylic acids is 1. The van der Waals surface area contributed by atoms with Crippen LogP contribution in [0.3, 0.4) is 0 Å². The van der Waals surface area contributed by atoms with Crippen LogP contribution in [-0.4, -0.2) is 27.6 Å². The van der Waals surface area contributed by atoms with Crippen LogP contribution in [0.2, 0.25) is 5.02 Å². The molecule has 0 aliphatic heterocycles. The Bertz CT molecular complexity index is 809. The zero-order valence-electron chi connectivity index (χ0n) is 10.3. The normalized spacial score (nSPS) is 10.9. The van der Waals surface area contributed by atoms with Crippen molar-refractivity contribution in [1.82, 2.24) is 9.38 Å². The van der Waals surface area contributed by atoms with E-state index in [1.54, 1.807) is 29.7 Å². The van der Waals surface area contributed by atoms with Gasteiger partial charge in [-0.15, -0.1) is 11.3 Å². The summed E-state index contributed by atoms with van der Waals surface area (Å²) in [6, 6.07) is 5.29. The maximum Gasteiger partial charge on any atom is 0.356 e. The zero-order valence-corrected chi connectivity index (χ0v) is 11.9. The van der Waals surface area contributed by atoms with E-state index >= 15 is 0 Å². The van der Waals surface area contributed by atoms with Gasteiger partial charge in [-0.2, -0.15) is 0 Å². The van der Waals surface area contributed by atoms with Crippen LogP contribution < -0.4 is 4.74 Å². The van der Waals surface area contributed by atoms with Gasteiger partial charge in [0.15, 0.2) is 10.7 Å². The predicted octanol–water partition coefficient (Wildman–Crippen LogP) is 3.42. The van der Waals surface area contributed by atoms with Crippen molar-refractivity contribution in [3.05, 3.63) is 40.5 Å². The molecule has 0 aliphatic rings. The van der Waals surface area contributed by atoms with Crippen LogP contribution in [-0.2, 0) is 0 Å². The third-order valence-electron chi connectivity index (χ3n) is 2.87. The summed E-state index contributed by atoms with van der Waals surface area (Å²) in [5.74, 6) is -0.385. The first kappa shape index (κ1) is 13.0. The summed E-state index contributed by atoms with van der Waals surface area (Å²) >= 11 is 7.39. The highest BCUT2D eigenvalue weighted by molar-refractivity contribution is 7.15. The van der Waals surface area contributed by atoms with Gasteiger partial charge in [0.1, 0.15) is 5.75 Å². The topological polar surface area (TPSA) is 63.8 Å². The first-order valence-corrected chi connectivity index (χ1v) is 6.89. The lowest BCUT2D eigenvalue weighted by molar-refractivity contribution is 0.0691. The van der Waals surface area contributed by atoms with Gasteiger partial charge in [0.05, 0.1) is 12.8 Å². The van der Waals surface area contributed by atoms with Crippen LogP contribution in [0.5, 0.6) is 5.75 Å². The molecule has 3 rings (SSSR count). The number of carbonyl (C=O) groups is 1. The van der Waals surface area contributed by atoms with Crippen molar-refractivity contribution in [2.75, 3.05) is 7.11 Å². The predicted molar refractivity (Wildman–Crippen MR) is 77.0 cm³/mol. The van der Waals surface area contributed by atoms with E-state index < -0.39 is 5.97 Å². The van der Waals surface area contributed by atoms with Gasteiger partial charge in [0.25, 0.3) is 0 Å². The quantitative estimate of drug-likeness (QED) is 0.805. The molecule has 102 valence electrons. The minimum atomic E-state index is -1.05. The van der Waals surface area contributed by atoms with Crippen molar-refractivity contribution in [2.24, 2.45) is 0 Å².